The lowest BCUT2D eigenvalue weighted by molar-refractivity contribution is 0.0162. The van der Waals surface area contributed by atoms with E-state index in [1.165, 1.54) is 16.8 Å². The van der Waals surface area contributed by atoms with Crippen molar-refractivity contribution >= 4 is 27.5 Å². The number of anilines is 1. The number of rotatable bonds is 5. The molecule has 1 fully saturated rings. The lowest BCUT2D eigenvalue weighted by Crippen LogP contribution is -2.43. The van der Waals surface area contributed by atoms with E-state index in [0.29, 0.717) is 12.1 Å². The highest BCUT2D eigenvalue weighted by atomic mass is 79.9. The number of hydrogen-bond acceptors (Lipinski definition) is 4. The average molecular weight is 444 g/mol. The third-order valence-corrected chi connectivity index (χ3v) is 6.19. The third kappa shape index (κ3) is 4.24. The van der Waals surface area contributed by atoms with Crippen molar-refractivity contribution in [1.29, 1.82) is 0 Å². The number of hydrogen-bond donors (Lipinski definition) is 1. The summed E-state index contributed by atoms with van der Waals surface area (Å²) in [6.45, 7) is 4.91. The number of halogens is 1. The Hall–Kier alpha value is -1.89. The van der Waals surface area contributed by atoms with Crippen LogP contribution in [0.15, 0.2) is 46.9 Å². The summed E-state index contributed by atoms with van der Waals surface area (Å²) >= 11 is 3.41. The highest BCUT2D eigenvalue weighted by Crippen LogP contribution is 2.31. The minimum absolute atomic E-state index is 0.0355. The smallest absolute Gasteiger partial charge is 0.251 e. The summed E-state index contributed by atoms with van der Waals surface area (Å²) in [5.41, 5.74) is 4.67. The van der Waals surface area contributed by atoms with Gasteiger partial charge in [0, 0.05) is 49.0 Å². The van der Waals surface area contributed by atoms with Gasteiger partial charge in [0.05, 0.1) is 19.3 Å². The fraction of sp³-hybridized carbons (Fsp3) is 0.409. The first-order valence-corrected chi connectivity index (χ1v) is 10.6. The van der Waals surface area contributed by atoms with Crippen LogP contribution in [0, 0.1) is 0 Å². The van der Waals surface area contributed by atoms with Gasteiger partial charge in [0.25, 0.3) is 5.91 Å². The largest absolute Gasteiger partial charge is 0.379 e. The SMILES string of the molecule is CN1CCc2cc(C(CNC(=O)c3ccc(Br)cc3)N3CCOCC3)ccc21. The number of fused-ring (bicyclic) bond motifs is 1. The van der Waals surface area contributed by atoms with E-state index in [-0.39, 0.29) is 11.9 Å². The molecule has 1 atom stereocenters. The molecule has 1 amide bonds. The molecule has 1 N–H and O–H groups in total. The van der Waals surface area contributed by atoms with E-state index in [0.717, 1.165) is 43.7 Å². The van der Waals surface area contributed by atoms with Crippen molar-refractivity contribution in [1.82, 2.24) is 10.2 Å². The molecule has 5 nitrogen and oxygen atoms in total. The maximum absolute atomic E-state index is 12.6. The predicted molar refractivity (Wildman–Crippen MR) is 115 cm³/mol. The summed E-state index contributed by atoms with van der Waals surface area (Å²) in [5, 5.41) is 3.14. The quantitative estimate of drug-likeness (QED) is 0.769. The third-order valence-electron chi connectivity index (χ3n) is 5.66. The summed E-state index contributed by atoms with van der Waals surface area (Å²) in [6, 6.07) is 14.4. The normalized spacial score (nSPS) is 18.0. The minimum atomic E-state index is -0.0355. The van der Waals surface area contributed by atoms with Gasteiger partial charge < -0.3 is 15.0 Å². The van der Waals surface area contributed by atoms with E-state index in [2.05, 4.69) is 56.3 Å². The fourth-order valence-corrected chi connectivity index (χ4v) is 4.30. The monoisotopic (exact) mass is 443 g/mol. The number of likely N-dealkylation sites (N-methyl/N-ethyl adjacent to an activating group) is 1. The van der Waals surface area contributed by atoms with Gasteiger partial charge in [0.15, 0.2) is 0 Å². The maximum atomic E-state index is 12.6. The number of ether oxygens (including phenoxy) is 1. The molecular weight excluding hydrogens is 418 g/mol. The molecule has 6 heteroatoms. The Bertz CT molecular complexity index is 834. The standard InChI is InChI=1S/C22H26BrN3O2/c1-25-9-8-18-14-17(4-7-20(18)25)21(26-10-12-28-13-11-26)15-24-22(27)16-2-5-19(23)6-3-16/h2-7,14,21H,8-13,15H2,1H3,(H,24,27). The van der Waals surface area contributed by atoms with Crippen LogP contribution >= 0.6 is 15.9 Å². The van der Waals surface area contributed by atoms with Crippen molar-refractivity contribution in [2.24, 2.45) is 0 Å². The van der Waals surface area contributed by atoms with E-state index in [1.807, 2.05) is 24.3 Å². The van der Waals surface area contributed by atoms with Crippen molar-refractivity contribution in [3.8, 4) is 0 Å². The van der Waals surface area contributed by atoms with Gasteiger partial charge in [0.1, 0.15) is 0 Å². The molecule has 1 saturated heterocycles. The van der Waals surface area contributed by atoms with E-state index in [9.17, 15) is 4.79 Å². The van der Waals surface area contributed by atoms with Crippen molar-refractivity contribution in [3.63, 3.8) is 0 Å². The van der Waals surface area contributed by atoms with Gasteiger partial charge in [-0.25, -0.2) is 0 Å². The van der Waals surface area contributed by atoms with Crippen LogP contribution in [0.4, 0.5) is 5.69 Å². The van der Waals surface area contributed by atoms with Crippen molar-refractivity contribution in [2.45, 2.75) is 12.5 Å². The van der Waals surface area contributed by atoms with E-state index >= 15 is 0 Å². The maximum Gasteiger partial charge on any atom is 0.251 e. The predicted octanol–water partition coefficient (Wildman–Crippen LogP) is 3.24. The second-order valence-corrected chi connectivity index (χ2v) is 8.36. The molecule has 0 aromatic heterocycles. The van der Waals surface area contributed by atoms with Crippen LogP contribution in [0.1, 0.15) is 27.5 Å². The number of morpholine rings is 1. The average Bonchev–Trinajstić information content (AvgIpc) is 3.10. The molecule has 0 radical (unpaired) electrons. The molecule has 0 bridgehead atoms. The van der Waals surface area contributed by atoms with Crippen LogP contribution < -0.4 is 10.2 Å². The molecule has 2 aliphatic heterocycles. The molecule has 0 spiro atoms. The fourth-order valence-electron chi connectivity index (χ4n) is 4.03. The molecule has 2 heterocycles. The molecule has 0 aliphatic carbocycles. The molecular formula is C22H26BrN3O2. The molecule has 2 aromatic rings. The first-order valence-electron chi connectivity index (χ1n) is 9.81. The Kier molecular flexibility index (Phi) is 5.99. The lowest BCUT2D eigenvalue weighted by atomic mass is 10.00. The Balaban J connectivity index is 1.52. The summed E-state index contributed by atoms with van der Waals surface area (Å²) < 4.78 is 6.51. The summed E-state index contributed by atoms with van der Waals surface area (Å²) in [5.74, 6) is -0.0355. The highest BCUT2D eigenvalue weighted by molar-refractivity contribution is 9.10. The Morgan fingerprint density at radius 3 is 2.64 bits per heavy atom. The summed E-state index contributed by atoms with van der Waals surface area (Å²) in [6.07, 6.45) is 1.08. The van der Waals surface area contributed by atoms with Crippen LogP contribution in [0.3, 0.4) is 0 Å². The number of benzene rings is 2. The first-order chi connectivity index (χ1) is 13.6. The van der Waals surface area contributed by atoms with E-state index in [4.69, 9.17) is 4.74 Å². The van der Waals surface area contributed by atoms with Crippen molar-refractivity contribution in [2.75, 3.05) is 51.3 Å². The van der Waals surface area contributed by atoms with Crippen LogP contribution in [0.2, 0.25) is 0 Å². The Morgan fingerprint density at radius 1 is 1.14 bits per heavy atom. The van der Waals surface area contributed by atoms with Crippen LogP contribution in [0.25, 0.3) is 0 Å². The van der Waals surface area contributed by atoms with Gasteiger partial charge in [-0.3, -0.25) is 9.69 Å². The zero-order valence-electron chi connectivity index (χ0n) is 16.2. The molecule has 2 aliphatic rings. The molecule has 28 heavy (non-hydrogen) atoms. The van der Waals surface area contributed by atoms with Crippen molar-refractivity contribution in [3.05, 3.63) is 63.6 Å². The van der Waals surface area contributed by atoms with Crippen LogP contribution in [-0.2, 0) is 11.2 Å². The lowest BCUT2D eigenvalue weighted by Gasteiger charge is -2.35. The Labute approximate surface area is 174 Å². The summed E-state index contributed by atoms with van der Waals surface area (Å²) in [7, 11) is 2.14. The summed E-state index contributed by atoms with van der Waals surface area (Å²) in [4.78, 5) is 17.4. The number of amides is 1. The van der Waals surface area contributed by atoms with Gasteiger partial charge >= 0.3 is 0 Å². The number of carbonyl (C=O) groups is 1. The molecule has 1 unspecified atom stereocenters. The number of nitrogens with one attached hydrogen (secondary N) is 1. The zero-order valence-corrected chi connectivity index (χ0v) is 17.7. The van der Waals surface area contributed by atoms with Gasteiger partial charge in [-0.05, 0) is 47.9 Å². The van der Waals surface area contributed by atoms with Gasteiger partial charge in [-0.2, -0.15) is 0 Å². The number of nitrogens with zero attached hydrogens (tertiary/aromatic N) is 2. The molecule has 4 rings (SSSR count). The number of carbonyl (C=O) groups excluding carboxylic acids is 1. The van der Waals surface area contributed by atoms with Gasteiger partial charge in [-0.1, -0.05) is 28.1 Å². The first kappa shape index (κ1) is 19.4. The topological polar surface area (TPSA) is 44.8 Å². The Morgan fingerprint density at radius 2 is 1.89 bits per heavy atom. The van der Waals surface area contributed by atoms with Crippen LogP contribution in [-0.4, -0.2) is 57.2 Å². The van der Waals surface area contributed by atoms with Gasteiger partial charge in [0.2, 0.25) is 0 Å². The zero-order chi connectivity index (χ0) is 19.5. The second-order valence-electron chi connectivity index (χ2n) is 7.44. The molecule has 148 valence electrons. The minimum Gasteiger partial charge on any atom is -0.379 e. The van der Waals surface area contributed by atoms with Crippen molar-refractivity contribution < 1.29 is 9.53 Å². The van der Waals surface area contributed by atoms with Crippen LogP contribution in [0.5, 0.6) is 0 Å². The van der Waals surface area contributed by atoms with E-state index in [1.54, 1.807) is 0 Å². The van der Waals surface area contributed by atoms with E-state index < -0.39 is 0 Å². The molecule has 2 aromatic carbocycles. The second kappa shape index (κ2) is 8.64. The molecule has 0 saturated carbocycles. The highest BCUT2D eigenvalue weighted by Gasteiger charge is 2.25. The van der Waals surface area contributed by atoms with Gasteiger partial charge in [-0.15, -0.1) is 0 Å².